The van der Waals surface area contributed by atoms with E-state index in [1.165, 1.54) is 16.3 Å². The van der Waals surface area contributed by atoms with E-state index in [4.69, 9.17) is 0 Å². The van der Waals surface area contributed by atoms with E-state index >= 15 is 0 Å². The molecule has 0 aliphatic carbocycles. The number of hydrogen-bond acceptors (Lipinski definition) is 3. The molecule has 2 bridgehead atoms. The number of rotatable bonds is 6. The van der Waals surface area contributed by atoms with E-state index in [9.17, 15) is 0 Å². The third kappa shape index (κ3) is 6.12. The number of para-hydroxylation sites is 6. The highest BCUT2D eigenvalue weighted by Crippen LogP contribution is 2.44. The smallest absolute Gasteiger partial charge is 0.197 e. The van der Waals surface area contributed by atoms with Gasteiger partial charge in [0.05, 0.1) is 11.0 Å². The zero-order valence-electron chi connectivity index (χ0n) is 32.3. The number of anilines is 9. The van der Waals surface area contributed by atoms with Crippen molar-refractivity contribution in [1.82, 2.24) is 4.57 Å². The van der Waals surface area contributed by atoms with Gasteiger partial charge in [-0.1, -0.05) is 138 Å². The van der Waals surface area contributed by atoms with Gasteiger partial charge in [0, 0.05) is 67.6 Å². The van der Waals surface area contributed by atoms with Crippen molar-refractivity contribution in [2.24, 2.45) is 0 Å². The molecule has 4 nitrogen and oxygen atoms in total. The molecule has 0 fully saturated rings. The van der Waals surface area contributed by atoms with E-state index in [-0.39, 0.29) is 0 Å². The standard InChI is InChI=1S/C54H38BN4/c1-6-19-39(20-7-1)56(40-21-8-2-9-22-40)46-33-34-49-53(36-46)57(41-23-10-3-11-24-41)44-29-18-30-45(35-44)58(42-25-12-4-13-26-42)54-38-52-48(37-50(54)55-49)47-31-16-17-32-51(47)59(52)43-27-14-5-15-28-43/h1-38H. The highest BCUT2D eigenvalue weighted by molar-refractivity contribution is 6.71. The lowest BCUT2D eigenvalue weighted by atomic mass is 9.61. The normalized spacial score (nSPS) is 12.1. The van der Waals surface area contributed by atoms with Crippen LogP contribution in [0.2, 0.25) is 0 Å². The Bertz CT molecular complexity index is 3040. The Morgan fingerprint density at radius 1 is 0.305 bits per heavy atom. The maximum atomic E-state index is 2.41. The van der Waals surface area contributed by atoms with Crippen molar-refractivity contribution in [3.63, 3.8) is 0 Å². The summed E-state index contributed by atoms with van der Waals surface area (Å²) in [6.07, 6.45) is 0. The average Bonchev–Trinajstić information content (AvgIpc) is 3.62. The van der Waals surface area contributed by atoms with Crippen LogP contribution < -0.4 is 25.6 Å². The van der Waals surface area contributed by atoms with Crippen molar-refractivity contribution in [1.29, 1.82) is 0 Å². The van der Waals surface area contributed by atoms with Crippen LogP contribution in [0, 0.1) is 0 Å². The van der Waals surface area contributed by atoms with Gasteiger partial charge in [0.15, 0.2) is 7.28 Å². The molecule has 1 radical (unpaired) electrons. The van der Waals surface area contributed by atoms with Crippen LogP contribution in [0.4, 0.5) is 51.2 Å². The molecule has 9 aromatic carbocycles. The SMILES string of the molecule is [B]1c2ccc(N(c3ccccc3)c3ccccc3)cc2N(c2ccccc2)c2cccc(c2)N(c2ccccc2)c2cc3c(cc21)c1ccccc1n3-c1ccccc1. The topological polar surface area (TPSA) is 14.7 Å². The predicted octanol–water partition coefficient (Wildman–Crippen LogP) is 13.2. The molecule has 0 N–H and O–H groups in total. The fraction of sp³-hybridized carbons (Fsp3) is 0. The van der Waals surface area contributed by atoms with Crippen LogP contribution in [-0.4, -0.2) is 11.8 Å². The van der Waals surface area contributed by atoms with Gasteiger partial charge < -0.3 is 19.3 Å². The van der Waals surface area contributed by atoms with E-state index in [1.54, 1.807) is 0 Å². The predicted molar refractivity (Wildman–Crippen MR) is 250 cm³/mol. The molecular weight excluding hydrogens is 715 g/mol. The Morgan fingerprint density at radius 3 is 1.39 bits per heavy atom. The van der Waals surface area contributed by atoms with Crippen LogP contribution in [0.1, 0.15) is 0 Å². The Hall–Kier alpha value is -7.76. The van der Waals surface area contributed by atoms with E-state index < -0.39 is 0 Å². The van der Waals surface area contributed by atoms with Crippen LogP contribution >= 0.6 is 0 Å². The van der Waals surface area contributed by atoms with Gasteiger partial charge in [0.25, 0.3) is 0 Å². The first-order valence-electron chi connectivity index (χ1n) is 20.1. The monoisotopic (exact) mass is 753 g/mol. The highest BCUT2D eigenvalue weighted by atomic mass is 15.2. The number of hydrogen-bond donors (Lipinski definition) is 0. The van der Waals surface area contributed by atoms with Gasteiger partial charge in [-0.2, -0.15) is 0 Å². The fourth-order valence-corrected chi connectivity index (χ4v) is 8.72. The second-order valence-electron chi connectivity index (χ2n) is 14.9. The zero-order chi connectivity index (χ0) is 39.1. The molecule has 0 atom stereocenters. The number of fused-ring (bicyclic) bond motifs is 7. The quantitative estimate of drug-likeness (QED) is 0.157. The van der Waals surface area contributed by atoms with Gasteiger partial charge in [-0.25, -0.2) is 0 Å². The minimum Gasteiger partial charge on any atom is -0.311 e. The molecule has 0 unspecified atom stereocenters. The first kappa shape index (κ1) is 34.5. The fourth-order valence-electron chi connectivity index (χ4n) is 8.72. The number of nitrogens with zero attached hydrogens (tertiary/aromatic N) is 4. The first-order valence-corrected chi connectivity index (χ1v) is 20.1. The third-order valence-electron chi connectivity index (χ3n) is 11.3. The maximum absolute atomic E-state index is 2.41. The van der Waals surface area contributed by atoms with Crippen molar-refractivity contribution < 1.29 is 0 Å². The Balaban J connectivity index is 1.22. The molecule has 0 saturated heterocycles. The molecule has 59 heavy (non-hydrogen) atoms. The van der Waals surface area contributed by atoms with Gasteiger partial charge in [-0.3, -0.25) is 0 Å². The third-order valence-corrected chi connectivity index (χ3v) is 11.3. The first-order chi connectivity index (χ1) is 29.3. The van der Waals surface area contributed by atoms with Crippen LogP contribution in [-0.2, 0) is 0 Å². The molecule has 0 saturated carbocycles. The largest absolute Gasteiger partial charge is 0.311 e. The van der Waals surface area contributed by atoms with Crippen LogP contribution in [0.15, 0.2) is 231 Å². The van der Waals surface area contributed by atoms with Crippen molar-refractivity contribution in [2.45, 2.75) is 0 Å². The van der Waals surface area contributed by atoms with Crippen molar-refractivity contribution >= 4 is 91.2 Å². The van der Waals surface area contributed by atoms with Gasteiger partial charge in [0.1, 0.15) is 0 Å². The van der Waals surface area contributed by atoms with Crippen molar-refractivity contribution in [2.75, 3.05) is 14.7 Å². The molecule has 277 valence electrons. The summed E-state index contributed by atoms with van der Waals surface area (Å²) in [6, 6.07) is 82.9. The number of benzene rings is 9. The second-order valence-corrected chi connectivity index (χ2v) is 14.9. The Labute approximate surface area is 345 Å². The van der Waals surface area contributed by atoms with E-state index in [2.05, 4.69) is 257 Å². The molecular formula is C54H38BN4. The van der Waals surface area contributed by atoms with Crippen molar-refractivity contribution in [3.8, 4) is 5.69 Å². The molecule has 5 heteroatoms. The van der Waals surface area contributed by atoms with E-state index in [0.717, 1.165) is 73.3 Å². The molecule has 11 rings (SSSR count). The van der Waals surface area contributed by atoms with Crippen molar-refractivity contribution in [3.05, 3.63) is 231 Å². The van der Waals surface area contributed by atoms with Gasteiger partial charge >= 0.3 is 0 Å². The lowest BCUT2D eigenvalue weighted by molar-refractivity contribution is 1.18. The summed E-state index contributed by atoms with van der Waals surface area (Å²) in [4.78, 5) is 7.16. The summed E-state index contributed by atoms with van der Waals surface area (Å²) in [5.74, 6) is 0. The lowest BCUT2D eigenvalue weighted by Crippen LogP contribution is -2.35. The molecule has 2 heterocycles. The summed E-state index contributed by atoms with van der Waals surface area (Å²) in [5.41, 5.74) is 15.4. The zero-order valence-corrected chi connectivity index (χ0v) is 32.3. The number of aromatic nitrogens is 1. The van der Waals surface area contributed by atoms with Crippen LogP contribution in [0.25, 0.3) is 27.5 Å². The Morgan fingerprint density at radius 2 is 0.797 bits per heavy atom. The van der Waals surface area contributed by atoms with E-state index in [0.29, 0.717) is 0 Å². The second kappa shape index (κ2) is 14.6. The molecule has 10 aromatic rings. The van der Waals surface area contributed by atoms with Gasteiger partial charge in [-0.05, 0) is 103 Å². The van der Waals surface area contributed by atoms with Crippen LogP contribution in [0.5, 0.6) is 0 Å². The molecule has 1 aliphatic heterocycles. The highest BCUT2D eigenvalue weighted by Gasteiger charge is 2.27. The van der Waals surface area contributed by atoms with Crippen LogP contribution in [0.3, 0.4) is 0 Å². The molecule has 1 aromatic heterocycles. The summed E-state index contributed by atoms with van der Waals surface area (Å²) in [5, 5.41) is 2.42. The minimum atomic E-state index is 1.07. The molecule has 0 amide bonds. The summed E-state index contributed by atoms with van der Waals surface area (Å²) >= 11 is 0. The van der Waals surface area contributed by atoms with Gasteiger partial charge in [0.2, 0.25) is 0 Å². The molecule has 1 aliphatic rings. The lowest BCUT2D eigenvalue weighted by Gasteiger charge is -2.34. The molecule has 0 spiro atoms. The Kier molecular flexibility index (Phi) is 8.56. The summed E-state index contributed by atoms with van der Waals surface area (Å²) in [7, 11) is 2.38. The minimum absolute atomic E-state index is 1.07. The summed E-state index contributed by atoms with van der Waals surface area (Å²) in [6.45, 7) is 0. The maximum Gasteiger partial charge on any atom is 0.197 e. The summed E-state index contributed by atoms with van der Waals surface area (Å²) < 4.78 is 2.41. The van der Waals surface area contributed by atoms with Gasteiger partial charge in [-0.15, -0.1) is 0 Å². The average molecular weight is 754 g/mol. The van der Waals surface area contributed by atoms with E-state index in [1.807, 2.05) is 0 Å².